The first-order valence-corrected chi connectivity index (χ1v) is 9.35. The summed E-state index contributed by atoms with van der Waals surface area (Å²) in [5.74, 6) is -0.826. The summed E-state index contributed by atoms with van der Waals surface area (Å²) in [5.41, 5.74) is 2.89. The Labute approximate surface area is 144 Å². The maximum absolute atomic E-state index is 13.6. The number of sulfonamides is 1. The fourth-order valence-electron chi connectivity index (χ4n) is 3.41. The molecular weight excluding hydrogens is 346 g/mol. The fraction of sp³-hybridized carbons (Fsp3) is 0.222. The van der Waals surface area contributed by atoms with E-state index in [0.29, 0.717) is 23.9 Å². The normalized spacial score (nSPS) is 15.5. The number of fused-ring (bicyclic) bond motifs is 3. The van der Waals surface area contributed by atoms with Gasteiger partial charge in [0.2, 0.25) is 10.0 Å². The van der Waals surface area contributed by atoms with Gasteiger partial charge < -0.3 is 4.98 Å². The predicted molar refractivity (Wildman–Crippen MR) is 90.7 cm³/mol. The number of hydrogen-bond donors (Lipinski definition) is 1. The number of benzene rings is 2. The van der Waals surface area contributed by atoms with Crippen molar-refractivity contribution in [1.29, 1.82) is 0 Å². The van der Waals surface area contributed by atoms with Crippen LogP contribution in [-0.2, 0) is 23.0 Å². The van der Waals surface area contributed by atoms with E-state index in [1.807, 2.05) is 0 Å². The van der Waals surface area contributed by atoms with Gasteiger partial charge in [-0.1, -0.05) is 0 Å². The lowest BCUT2D eigenvalue weighted by molar-refractivity contribution is 0.391. The van der Waals surface area contributed by atoms with Crippen LogP contribution in [0.3, 0.4) is 0 Å². The molecule has 2 aromatic carbocycles. The van der Waals surface area contributed by atoms with E-state index in [9.17, 15) is 17.2 Å². The topological polar surface area (TPSA) is 53.2 Å². The van der Waals surface area contributed by atoms with E-state index >= 15 is 0 Å². The lowest BCUT2D eigenvalue weighted by Crippen LogP contribution is -2.36. The third-order valence-corrected chi connectivity index (χ3v) is 6.66. The van der Waals surface area contributed by atoms with Gasteiger partial charge in [0.15, 0.2) is 0 Å². The number of aromatic amines is 1. The number of H-pyrrole nitrogens is 1. The van der Waals surface area contributed by atoms with Crippen LogP contribution in [0, 0.1) is 18.6 Å². The summed E-state index contributed by atoms with van der Waals surface area (Å²) in [7, 11) is -3.75. The van der Waals surface area contributed by atoms with Crippen LogP contribution in [0.15, 0.2) is 41.3 Å². The standard InChI is InChI=1S/C18H16F2N2O2S/c1-11-8-12(19)3-5-18(11)25(23,24)22-7-6-17-15(10-22)14-9-13(20)2-4-16(14)21-17/h2-5,8-9,21H,6-7,10H2,1H3. The summed E-state index contributed by atoms with van der Waals surface area (Å²) >= 11 is 0. The van der Waals surface area contributed by atoms with Crippen LogP contribution >= 0.6 is 0 Å². The number of aryl methyl sites for hydroxylation is 1. The summed E-state index contributed by atoms with van der Waals surface area (Å²) in [6.07, 6.45) is 0.519. The minimum absolute atomic E-state index is 0.100. The third kappa shape index (κ3) is 2.63. The highest BCUT2D eigenvalue weighted by Gasteiger charge is 2.31. The predicted octanol–water partition coefficient (Wildman–Crippen LogP) is 3.50. The van der Waals surface area contributed by atoms with Gasteiger partial charge in [-0.3, -0.25) is 0 Å². The second-order valence-corrected chi connectivity index (χ2v) is 8.18. The molecule has 0 bridgehead atoms. The van der Waals surface area contributed by atoms with Crippen LogP contribution in [0.4, 0.5) is 8.78 Å². The molecule has 2 heterocycles. The zero-order chi connectivity index (χ0) is 17.8. The zero-order valence-corrected chi connectivity index (χ0v) is 14.3. The number of aromatic nitrogens is 1. The lowest BCUT2D eigenvalue weighted by atomic mass is 10.1. The molecular formula is C18H16F2N2O2S. The van der Waals surface area contributed by atoms with E-state index in [1.165, 1.54) is 28.6 Å². The van der Waals surface area contributed by atoms with Gasteiger partial charge >= 0.3 is 0 Å². The summed E-state index contributed by atoms with van der Waals surface area (Å²) in [5, 5.41) is 0.700. The van der Waals surface area contributed by atoms with Crippen LogP contribution in [-0.4, -0.2) is 24.3 Å². The molecule has 1 aliphatic heterocycles. The molecule has 0 radical (unpaired) electrons. The monoisotopic (exact) mass is 362 g/mol. The Bertz CT molecular complexity index is 1090. The molecule has 130 valence electrons. The smallest absolute Gasteiger partial charge is 0.243 e. The van der Waals surface area contributed by atoms with Crippen molar-refractivity contribution in [2.45, 2.75) is 24.8 Å². The molecule has 1 N–H and O–H groups in total. The van der Waals surface area contributed by atoms with Gasteiger partial charge in [-0.15, -0.1) is 0 Å². The van der Waals surface area contributed by atoms with Crippen LogP contribution in [0.5, 0.6) is 0 Å². The van der Waals surface area contributed by atoms with Crippen molar-refractivity contribution in [2.24, 2.45) is 0 Å². The Balaban J connectivity index is 1.76. The molecule has 4 rings (SSSR count). The van der Waals surface area contributed by atoms with E-state index in [2.05, 4.69) is 4.98 Å². The highest BCUT2D eigenvalue weighted by Crippen LogP contribution is 2.31. The van der Waals surface area contributed by atoms with E-state index < -0.39 is 15.8 Å². The highest BCUT2D eigenvalue weighted by molar-refractivity contribution is 7.89. The largest absolute Gasteiger partial charge is 0.358 e. The molecule has 0 spiro atoms. The molecule has 0 saturated carbocycles. The third-order valence-electron chi connectivity index (χ3n) is 4.66. The minimum Gasteiger partial charge on any atom is -0.358 e. The fourth-order valence-corrected chi connectivity index (χ4v) is 5.02. The molecule has 0 saturated heterocycles. The van der Waals surface area contributed by atoms with Crippen LogP contribution in [0.1, 0.15) is 16.8 Å². The maximum Gasteiger partial charge on any atom is 0.243 e. The molecule has 25 heavy (non-hydrogen) atoms. The molecule has 0 amide bonds. The Morgan fingerprint density at radius 3 is 2.56 bits per heavy atom. The minimum atomic E-state index is -3.75. The van der Waals surface area contributed by atoms with Crippen LogP contribution in [0.25, 0.3) is 10.9 Å². The van der Waals surface area contributed by atoms with Gasteiger partial charge in [0.25, 0.3) is 0 Å². The average Bonchev–Trinajstić information content (AvgIpc) is 2.91. The first-order chi connectivity index (χ1) is 11.9. The van der Waals surface area contributed by atoms with E-state index in [0.717, 1.165) is 22.8 Å². The van der Waals surface area contributed by atoms with Crippen molar-refractivity contribution in [3.63, 3.8) is 0 Å². The number of rotatable bonds is 2. The van der Waals surface area contributed by atoms with Gasteiger partial charge in [0.05, 0.1) is 4.90 Å². The van der Waals surface area contributed by atoms with Crippen molar-refractivity contribution >= 4 is 20.9 Å². The SMILES string of the molecule is Cc1cc(F)ccc1S(=O)(=O)N1CCc2[nH]c3ccc(F)cc3c2C1. The zero-order valence-electron chi connectivity index (χ0n) is 13.5. The van der Waals surface area contributed by atoms with Crippen molar-refractivity contribution < 1.29 is 17.2 Å². The number of nitrogens with one attached hydrogen (secondary N) is 1. The van der Waals surface area contributed by atoms with E-state index in [1.54, 1.807) is 13.0 Å². The molecule has 4 nitrogen and oxygen atoms in total. The van der Waals surface area contributed by atoms with Gasteiger partial charge in [-0.2, -0.15) is 4.31 Å². The van der Waals surface area contributed by atoms with Crippen molar-refractivity contribution in [1.82, 2.24) is 9.29 Å². The summed E-state index contributed by atoms with van der Waals surface area (Å²) < 4.78 is 54.2. The molecule has 3 aromatic rings. The first kappa shape index (κ1) is 16.2. The summed E-state index contributed by atoms with van der Waals surface area (Å²) in [4.78, 5) is 3.34. The second kappa shape index (κ2) is 5.64. The number of hydrogen-bond acceptors (Lipinski definition) is 2. The molecule has 7 heteroatoms. The van der Waals surface area contributed by atoms with Crippen LogP contribution in [0.2, 0.25) is 0 Å². The summed E-state index contributed by atoms with van der Waals surface area (Å²) in [6, 6.07) is 8.11. The molecule has 1 aromatic heterocycles. The maximum atomic E-state index is 13.6. The van der Waals surface area contributed by atoms with Crippen molar-refractivity contribution in [3.8, 4) is 0 Å². The molecule has 1 aliphatic rings. The quantitative estimate of drug-likeness (QED) is 0.759. The molecule has 0 unspecified atom stereocenters. The Hall–Kier alpha value is -2.25. The number of halogens is 2. The molecule has 0 fully saturated rings. The molecule has 0 aliphatic carbocycles. The average molecular weight is 362 g/mol. The second-order valence-electron chi connectivity index (χ2n) is 6.27. The number of nitrogens with zero attached hydrogens (tertiary/aromatic N) is 1. The molecule has 0 atom stereocenters. The Morgan fingerprint density at radius 2 is 1.80 bits per heavy atom. The Kier molecular flexibility index (Phi) is 3.66. The van der Waals surface area contributed by atoms with Crippen molar-refractivity contribution in [3.05, 3.63) is 64.9 Å². The van der Waals surface area contributed by atoms with Gasteiger partial charge in [-0.25, -0.2) is 17.2 Å². The van der Waals surface area contributed by atoms with Gasteiger partial charge in [0.1, 0.15) is 11.6 Å². The van der Waals surface area contributed by atoms with E-state index in [-0.39, 0.29) is 17.3 Å². The van der Waals surface area contributed by atoms with Crippen LogP contribution < -0.4 is 0 Å². The van der Waals surface area contributed by atoms with E-state index in [4.69, 9.17) is 0 Å². The highest BCUT2D eigenvalue weighted by atomic mass is 32.2. The van der Waals surface area contributed by atoms with Gasteiger partial charge in [-0.05, 0) is 54.4 Å². The first-order valence-electron chi connectivity index (χ1n) is 7.91. The lowest BCUT2D eigenvalue weighted by Gasteiger charge is -2.27. The summed E-state index contributed by atoms with van der Waals surface area (Å²) in [6.45, 7) is 2.06. The van der Waals surface area contributed by atoms with Gasteiger partial charge in [0, 0.05) is 36.1 Å². The van der Waals surface area contributed by atoms with Crippen molar-refractivity contribution in [2.75, 3.05) is 6.54 Å². The Morgan fingerprint density at radius 1 is 1.08 bits per heavy atom.